The smallest absolute Gasteiger partial charge is 0.185 e. The molecule has 0 saturated heterocycles. The summed E-state index contributed by atoms with van der Waals surface area (Å²) >= 11 is 3.65. The SMILES string of the molecule is COCc1nc(N(C)C(C)CSC)sc1CNCC(C)C. The van der Waals surface area contributed by atoms with Crippen LogP contribution in [0.2, 0.25) is 0 Å². The van der Waals surface area contributed by atoms with Gasteiger partial charge in [-0.05, 0) is 25.6 Å². The van der Waals surface area contributed by atoms with Gasteiger partial charge < -0.3 is 15.0 Å². The Morgan fingerprint density at radius 3 is 2.67 bits per heavy atom. The summed E-state index contributed by atoms with van der Waals surface area (Å²) in [4.78, 5) is 8.33. The summed E-state index contributed by atoms with van der Waals surface area (Å²) in [6, 6.07) is 0.484. The molecule has 1 atom stereocenters. The highest BCUT2D eigenvalue weighted by molar-refractivity contribution is 7.98. The molecule has 0 saturated carbocycles. The molecule has 1 aromatic heterocycles. The van der Waals surface area contributed by atoms with Crippen molar-refractivity contribution in [3.05, 3.63) is 10.6 Å². The van der Waals surface area contributed by atoms with E-state index in [2.05, 4.69) is 44.3 Å². The van der Waals surface area contributed by atoms with E-state index in [0.29, 0.717) is 18.6 Å². The van der Waals surface area contributed by atoms with Crippen LogP contribution in [0.3, 0.4) is 0 Å². The van der Waals surface area contributed by atoms with Crippen molar-refractivity contribution in [2.24, 2.45) is 5.92 Å². The monoisotopic (exact) mass is 331 g/mol. The average molecular weight is 332 g/mol. The fourth-order valence-corrected chi connectivity index (χ4v) is 3.73. The number of rotatable bonds is 10. The van der Waals surface area contributed by atoms with Gasteiger partial charge >= 0.3 is 0 Å². The Morgan fingerprint density at radius 1 is 1.38 bits per heavy atom. The molecule has 1 unspecified atom stereocenters. The van der Waals surface area contributed by atoms with Gasteiger partial charge in [-0.3, -0.25) is 0 Å². The third kappa shape index (κ3) is 6.14. The van der Waals surface area contributed by atoms with Crippen molar-refractivity contribution in [3.63, 3.8) is 0 Å². The van der Waals surface area contributed by atoms with Crippen molar-refractivity contribution in [2.75, 3.05) is 37.6 Å². The number of hydrogen-bond acceptors (Lipinski definition) is 6. The molecule has 0 radical (unpaired) electrons. The van der Waals surface area contributed by atoms with Gasteiger partial charge in [0.1, 0.15) is 0 Å². The Bertz CT molecular complexity index is 410. The predicted molar refractivity (Wildman–Crippen MR) is 95.6 cm³/mol. The summed E-state index contributed by atoms with van der Waals surface area (Å²) in [7, 11) is 3.85. The number of thioether (sulfide) groups is 1. The quantitative estimate of drug-likeness (QED) is 0.712. The number of nitrogens with one attached hydrogen (secondary N) is 1. The topological polar surface area (TPSA) is 37.4 Å². The zero-order valence-electron chi connectivity index (χ0n) is 14.1. The molecule has 0 spiro atoms. The molecular formula is C15H29N3OS2. The second kappa shape index (κ2) is 9.66. The van der Waals surface area contributed by atoms with Gasteiger partial charge in [-0.2, -0.15) is 11.8 Å². The molecular weight excluding hydrogens is 302 g/mol. The summed E-state index contributed by atoms with van der Waals surface area (Å²) in [5.41, 5.74) is 1.07. The lowest BCUT2D eigenvalue weighted by atomic mass is 10.2. The van der Waals surface area contributed by atoms with E-state index >= 15 is 0 Å². The lowest BCUT2D eigenvalue weighted by Crippen LogP contribution is -2.30. The standard InChI is InChI=1S/C15H29N3OS2/c1-11(2)7-16-8-14-13(9-19-5)17-15(21-14)18(4)12(3)10-20-6/h11-12,16H,7-10H2,1-6H3. The molecule has 122 valence electrons. The van der Waals surface area contributed by atoms with E-state index in [1.165, 1.54) is 4.88 Å². The Labute approximate surface area is 137 Å². The first kappa shape index (κ1) is 18.7. The van der Waals surface area contributed by atoms with Gasteiger partial charge in [0.2, 0.25) is 0 Å². The molecule has 21 heavy (non-hydrogen) atoms. The number of hydrogen-bond donors (Lipinski definition) is 1. The highest BCUT2D eigenvalue weighted by atomic mass is 32.2. The van der Waals surface area contributed by atoms with E-state index in [4.69, 9.17) is 9.72 Å². The van der Waals surface area contributed by atoms with E-state index in [-0.39, 0.29) is 0 Å². The largest absolute Gasteiger partial charge is 0.378 e. The third-order valence-corrected chi connectivity index (χ3v) is 5.26. The number of anilines is 1. The molecule has 0 aliphatic carbocycles. The van der Waals surface area contributed by atoms with Crippen molar-refractivity contribution < 1.29 is 4.74 Å². The number of aromatic nitrogens is 1. The van der Waals surface area contributed by atoms with Gasteiger partial charge in [0.05, 0.1) is 12.3 Å². The molecule has 0 bridgehead atoms. The van der Waals surface area contributed by atoms with Crippen LogP contribution in [-0.2, 0) is 17.9 Å². The second-order valence-electron chi connectivity index (χ2n) is 5.74. The maximum Gasteiger partial charge on any atom is 0.185 e. The van der Waals surface area contributed by atoms with Crippen molar-refractivity contribution in [1.29, 1.82) is 0 Å². The Balaban J connectivity index is 2.77. The minimum absolute atomic E-state index is 0.484. The van der Waals surface area contributed by atoms with Crippen LogP contribution in [-0.4, -0.2) is 43.7 Å². The fraction of sp³-hybridized carbons (Fsp3) is 0.800. The lowest BCUT2D eigenvalue weighted by molar-refractivity contribution is 0.181. The van der Waals surface area contributed by atoms with Gasteiger partial charge in [0, 0.05) is 37.4 Å². The van der Waals surface area contributed by atoms with Gasteiger partial charge in [-0.15, -0.1) is 11.3 Å². The summed E-state index contributed by atoms with van der Waals surface area (Å²) in [5, 5.41) is 4.59. The predicted octanol–water partition coefficient (Wildman–Crippen LogP) is 3.22. The van der Waals surface area contributed by atoms with E-state index in [1.807, 2.05) is 11.8 Å². The average Bonchev–Trinajstić information content (AvgIpc) is 2.81. The van der Waals surface area contributed by atoms with Crippen LogP contribution in [0.25, 0.3) is 0 Å². The maximum atomic E-state index is 5.29. The zero-order chi connectivity index (χ0) is 15.8. The van der Waals surface area contributed by atoms with Crippen LogP contribution in [0.4, 0.5) is 5.13 Å². The molecule has 1 N–H and O–H groups in total. The van der Waals surface area contributed by atoms with Gasteiger partial charge in [0.15, 0.2) is 5.13 Å². The Kier molecular flexibility index (Phi) is 8.63. The van der Waals surface area contributed by atoms with E-state index < -0.39 is 0 Å². The van der Waals surface area contributed by atoms with E-state index in [0.717, 1.165) is 29.7 Å². The minimum atomic E-state index is 0.484. The van der Waals surface area contributed by atoms with Crippen LogP contribution >= 0.6 is 23.1 Å². The maximum absolute atomic E-state index is 5.29. The molecule has 1 aromatic rings. The van der Waals surface area contributed by atoms with Gasteiger partial charge in [0.25, 0.3) is 0 Å². The van der Waals surface area contributed by atoms with E-state index in [1.54, 1.807) is 18.4 Å². The zero-order valence-corrected chi connectivity index (χ0v) is 15.7. The molecule has 6 heteroatoms. The Morgan fingerprint density at radius 2 is 2.10 bits per heavy atom. The van der Waals surface area contributed by atoms with Gasteiger partial charge in [-0.25, -0.2) is 4.98 Å². The van der Waals surface area contributed by atoms with Crippen molar-refractivity contribution >= 4 is 28.2 Å². The van der Waals surface area contributed by atoms with Gasteiger partial charge in [-0.1, -0.05) is 13.8 Å². The first-order chi connectivity index (χ1) is 9.99. The molecule has 1 rings (SSSR count). The molecule has 0 fully saturated rings. The summed E-state index contributed by atoms with van der Waals surface area (Å²) in [5.74, 6) is 1.77. The van der Waals surface area contributed by atoms with Crippen molar-refractivity contribution in [3.8, 4) is 0 Å². The van der Waals surface area contributed by atoms with Crippen LogP contribution < -0.4 is 10.2 Å². The number of ether oxygens (including phenoxy) is 1. The fourth-order valence-electron chi connectivity index (χ4n) is 1.92. The summed E-state index contributed by atoms with van der Waals surface area (Å²) in [6.45, 7) is 9.17. The first-order valence-corrected chi connectivity index (χ1v) is 9.60. The summed E-state index contributed by atoms with van der Waals surface area (Å²) < 4.78 is 5.29. The van der Waals surface area contributed by atoms with Crippen LogP contribution in [0.15, 0.2) is 0 Å². The molecule has 0 amide bonds. The molecule has 4 nitrogen and oxygen atoms in total. The van der Waals surface area contributed by atoms with E-state index in [9.17, 15) is 0 Å². The number of thiazole rings is 1. The second-order valence-corrected chi connectivity index (χ2v) is 7.71. The van der Waals surface area contributed by atoms with Crippen LogP contribution in [0.1, 0.15) is 31.3 Å². The first-order valence-electron chi connectivity index (χ1n) is 7.39. The van der Waals surface area contributed by atoms with Crippen molar-refractivity contribution in [2.45, 2.75) is 40.0 Å². The highest BCUT2D eigenvalue weighted by Gasteiger charge is 2.17. The number of nitrogens with zero attached hydrogens (tertiary/aromatic N) is 2. The molecule has 0 aromatic carbocycles. The van der Waals surface area contributed by atoms with Crippen molar-refractivity contribution in [1.82, 2.24) is 10.3 Å². The number of methoxy groups -OCH3 is 1. The Hall–Kier alpha value is -0.300. The minimum Gasteiger partial charge on any atom is -0.378 e. The van der Waals surface area contributed by atoms with Crippen LogP contribution in [0.5, 0.6) is 0 Å². The lowest BCUT2D eigenvalue weighted by Gasteiger charge is -2.23. The molecule has 0 aliphatic rings. The summed E-state index contributed by atoms with van der Waals surface area (Å²) in [6.07, 6.45) is 2.14. The molecule has 0 aliphatic heterocycles. The third-order valence-electron chi connectivity index (χ3n) is 3.26. The highest BCUT2D eigenvalue weighted by Crippen LogP contribution is 2.28. The normalized spacial score (nSPS) is 12.9. The molecule has 1 heterocycles. The van der Waals surface area contributed by atoms with Crippen LogP contribution in [0, 0.1) is 5.92 Å².